The minimum Gasteiger partial charge on any atom is -0.396 e. The van der Waals surface area contributed by atoms with Crippen molar-refractivity contribution in [1.82, 2.24) is 19.3 Å². The van der Waals surface area contributed by atoms with Crippen LogP contribution in [0.2, 0.25) is 0 Å². The van der Waals surface area contributed by atoms with Crippen LogP contribution in [0, 0.1) is 11.8 Å². The molecular weight excluding hydrogens is 324 g/mol. The fraction of sp³-hybridized carbons (Fsp3) is 0.619. The Labute approximate surface area is 157 Å². The van der Waals surface area contributed by atoms with Gasteiger partial charge in [0.15, 0.2) is 0 Å². The number of likely N-dealkylation sites (N-methyl/N-ethyl adjacent to an activating group) is 2. The van der Waals surface area contributed by atoms with Gasteiger partial charge >= 0.3 is 0 Å². The fourth-order valence-corrected chi connectivity index (χ4v) is 4.19. The molecule has 2 aromatic rings. The number of aromatic nitrogens is 1. The van der Waals surface area contributed by atoms with Crippen LogP contribution in [0.4, 0.5) is 0 Å². The van der Waals surface area contributed by atoms with Crippen LogP contribution in [0.15, 0.2) is 30.5 Å². The number of fused-ring (bicyclic) bond motifs is 1. The number of hydrogen-bond donors (Lipinski definition) is 1. The van der Waals surface area contributed by atoms with Gasteiger partial charge in [-0.15, -0.1) is 0 Å². The van der Waals surface area contributed by atoms with E-state index < -0.39 is 0 Å². The third kappa shape index (κ3) is 4.46. The Hall–Kier alpha value is -1.40. The lowest BCUT2D eigenvalue weighted by atomic mass is 9.96. The van der Waals surface area contributed by atoms with Crippen molar-refractivity contribution in [3.63, 3.8) is 0 Å². The van der Waals surface area contributed by atoms with Crippen molar-refractivity contribution in [2.75, 3.05) is 60.5 Å². The van der Waals surface area contributed by atoms with E-state index in [1.807, 2.05) is 0 Å². The van der Waals surface area contributed by atoms with E-state index in [-0.39, 0.29) is 6.61 Å². The summed E-state index contributed by atoms with van der Waals surface area (Å²) in [7, 11) is 8.53. The lowest BCUT2D eigenvalue weighted by molar-refractivity contribution is 0.171. The second-order valence-electron chi connectivity index (χ2n) is 8.24. The van der Waals surface area contributed by atoms with Gasteiger partial charge < -0.3 is 19.5 Å². The minimum atomic E-state index is 0.290. The summed E-state index contributed by atoms with van der Waals surface area (Å²) >= 11 is 0. The van der Waals surface area contributed by atoms with Crippen molar-refractivity contribution < 1.29 is 5.11 Å². The first-order chi connectivity index (χ1) is 12.5. The molecule has 2 atom stereocenters. The Morgan fingerprint density at radius 2 is 1.85 bits per heavy atom. The maximum absolute atomic E-state index is 9.87. The Morgan fingerprint density at radius 1 is 1.08 bits per heavy atom. The van der Waals surface area contributed by atoms with Crippen LogP contribution in [0.25, 0.3) is 10.9 Å². The highest BCUT2D eigenvalue weighted by Gasteiger charge is 2.33. The predicted molar refractivity (Wildman–Crippen MR) is 108 cm³/mol. The topological polar surface area (TPSA) is 34.9 Å². The van der Waals surface area contributed by atoms with Gasteiger partial charge in [0.05, 0.1) is 0 Å². The van der Waals surface area contributed by atoms with Gasteiger partial charge in [0, 0.05) is 70.0 Å². The average Bonchev–Trinajstić information content (AvgIpc) is 3.17. The molecule has 0 radical (unpaired) electrons. The SMILES string of the molecule is CN(C)CCN(C)C[C@@H]1CN(Cc2cccc3c2ccn3C)C[C@@H]1CO. The summed E-state index contributed by atoms with van der Waals surface area (Å²) in [5.41, 5.74) is 2.68. The molecule has 144 valence electrons. The van der Waals surface area contributed by atoms with E-state index in [0.717, 1.165) is 39.3 Å². The molecule has 1 N–H and O–H groups in total. The minimum absolute atomic E-state index is 0.290. The number of aliphatic hydroxyl groups is 1. The van der Waals surface area contributed by atoms with E-state index in [9.17, 15) is 5.11 Å². The number of likely N-dealkylation sites (tertiary alicyclic amines) is 1. The molecule has 0 spiro atoms. The third-order valence-electron chi connectivity index (χ3n) is 5.77. The van der Waals surface area contributed by atoms with Crippen LogP contribution in [-0.2, 0) is 13.6 Å². The monoisotopic (exact) mass is 358 g/mol. The second kappa shape index (κ2) is 8.53. The van der Waals surface area contributed by atoms with Crippen LogP contribution in [0.3, 0.4) is 0 Å². The second-order valence-corrected chi connectivity index (χ2v) is 8.24. The zero-order valence-electron chi connectivity index (χ0n) is 16.7. The summed E-state index contributed by atoms with van der Waals surface area (Å²) in [5.74, 6) is 0.925. The first-order valence-electron chi connectivity index (χ1n) is 9.67. The van der Waals surface area contributed by atoms with Gasteiger partial charge in [-0.3, -0.25) is 4.90 Å². The maximum Gasteiger partial charge on any atom is 0.0480 e. The molecule has 1 aliphatic heterocycles. The third-order valence-corrected chi connectivity index (χ3v) is 5.77. The molecule has 1 fully saturated rings. The number of benzene rings is 1. The van der Waals surface area contributed by atoms with Crippen molar-refractivity contribution in [3.05, 3.63) is 36.0 Å². The summed E-state index contributed by atoms with van der Waals surface area (Å²) in [4.78, 5) is 7.16. The van der Waals surface area contributed by atoms with Crippen molar-refractivity contribution >= 4 is 10.9 Å². The molecule has 0 unspecified atom stereocenters. The largest absolute Gasteiger partial charge is 0.396 e. The normalized spacial score (nSPS) is 21.5. The number of hydrogen-bond acceptors (Lipinski definition) is 4. The summed E-state index contributed by atoms with van der Waals surface area (Å²) in [6, 6.07) is 8.80. The summed E-state index contributed by atoms with van der Waals surface area (Å²) in [6.07, 6.45) is 2.14. The van der Waals surface area contributed by atoms with Crippen molar-refractivity contribution in [1.29, 1.82) is 0 Å². The van der Waals surface area contributed by atoms with Crippen LogP contribution in [0.1, 0.15) is 5.56 Å². The molecule has 0 saturated carbocycles. The smallest absolute Gasteiger partial charge is 0.0480 e. The van der Waals surface area contributed by atoms with E-state index in [1.165, 1.54) is 16.5 Å². The first-order valence-corrected chi connectivity index (χ1v) is 9.67. The zero-order chi connectivity index (χ0) is 18.7. The lowest BCUT2D eigenvalue weighted by Gasteiger charge is -2.25. The van der Waals surface area contributed by atoms with E-state index in [1.54, 1.807) is 0 Å². The van der Waals surface area contributed by atoms with Gasteiger partial charge in [0.1, 0.15) is 0 Å². The van der Waals surface area contributed by atoms with Crippen LogP contribution in [0.5, 0.6) is 0 Å². The van der Waals surface area contributed by atoms with Gasteiger partial charge in [-0.25, -0.2) is 0 Å². The average molecular weight is 359 g/mol. The Morgan fingerprint density at radius 3 is 2.58 bits per heavy atom. The van der Waals surface area contributed by atoms with E-state index >= 15 is 0 Å². The number of aryl methyl sites for hydroxylation is 1. The van der Waals surface area contributed by atoms with Gasteiger partial charge in [-0.2, -0.15) is 0 Å². The van der Waals surface area contributed by atoms with Crippen molar-refractivity contribution in [2.45, 2.75) is 6.54 Å². The highest BCUT2D eigenvalue weighted by molar-refractivity contribution is 5.83. The molecule has 26 heavy (non-hydrogen) atoms. The Bertz CT molecular complexity index is 711. The Kier molecular flexibility index (Phi) is 6.35. The molecule has 5 nitrogen and oxygen atoms in total. The first kappa shape index (κ1) is 19.4. The van der Waals surface area contributed by atoms with Crippen LogP contribution in [-0.4, -0.2) is 84.8 Å². The molecular formula is C21H34N4O. The van der Waals surface area contributed by atoms with Gasteiger partial charge in [-0.1, -0.05) is 12.1 Å². The fourth-order valence-electron chi connectivity index (χ4n) is 4.19. The molecule has 0 amide bonds. The predicted octanol–water partition coefficient (Wildman–Crippen LogP) is 1.71. The number of aliphatic hydroxyl groups excluding tert-OH is 1. The summed E-state index contributed by atoms with van der Waals surface area (Å²) < 4.78 is 2.18. The molecule has 3 rings (SSSR count). The number of rotatable bonds is 8. The number of nitrogens with zero attached hydrogens (tertiary/aromatic N) is 4. The quantitative estimate of drug-likeness (QED) is 0.779. The standard InChI is InChI=1S/C21H34N4O/c1-22(2)10-11-23(3)12-18-14-25(15-19(18)16-26)13-17-6-5-7-21-20(17)8-9-24(21)4/h5-9,18-19,26H,10-16H2,1-4H3/t18-,19-/m1/s1. The summed E-state index contributed by atoms with van der Waals surface area (Å²) in [5, 5.41) is 11.2. The van der Waals surface area contributed by atoms with E-state index in [4.69, 9.17) is 0 Å². The summed E-state index contributed by atoms with van der Waals surface area (Å²) in [6.45, 7) is 6.53. The highest BCUT2D eigenvalue weighted by Crippen LogP contribution is 2.27. The van der Waals surface area contributed by atoms with Gasteiger partial charge in [-0.05, 0) is 50.7 Å². The Balaban J connectivity index is 1.63. The van der Waals surface area contributed by atoms with Crippen LogP contribution >= 0.6 is 0 Å². The van der Waals surface area contributed by atoms with Crippen molar-refractivity contribution in [2.24, 2.45) is 18.9 Å². The molecule has 0 aliphatic carbocycles. The molecule has 1 aromatic carbocycles. The molecule has 1 saturated heterocycles. The molecule has 0 bridgehead atoms. The van der Waals surface area contributed by atoms with E-state index in [0.29, 0.717) is 11.8 Å². The van der Waals surface area contributed by atoms with Crippen molar-refractivity contribution in [3.8, 4) is 0 Å². The van der Waals surface area contributed by atoms with E-state index in [2.05, 4.69) is 77.9 Å². The maximum atomic E-state index is 9.87. The van der Waals surface area contributed by atoms with Gasteiger partial charge in [0.2, 0.25) is 0 Å². The zero-order valence-corrected chi connectivity index (χ0v) is 16.7. The molecule has 1 aliphatic rings. The molecule has 1 aromatic heterocycles. The van der Waals surface area contributed by atoms with Gasteiger partial charge in [0.25, 0.3) is 0 Å². The molecule has 2 heterocycles. The van der Waals surface area contributed by atoms with Crippen LogP contribution < -0.4 is 0 Å². The lowest BCUT2D eigenvalue weighted by Crippen LogP contribution is -2.35. The highest BCUT2D eigenvalue weighted by atomic mass is 16.3. The molecule has 5 heteroatoms.